The van der Waals surface area contributed by atoms with Gasteiger partial charge in [0.05, 0.1) is 26.9 Å². The lowest BCUT2D eigenvalue weighted by molar-refractivity contribution is -0.144. The van der Waals surface area contributed by atoms with Gasteiger partial charge in [0.2, 0.25) is 0 Å². The van der Waals surface area contributed by atoms with Gasteiger partial charge in [0.25, 0.3) is 0 Å². The molecule has 0 aliphatic rings. The summed E-state index contributed by atoms with van der Waals surface area (Å²) in [6.45, 7) is 4.96. The van der Waals surface area contributed by atoms with Crippen molar-refractivity contribution in [3.63, 3.8) is 0 Å². The van der Waals surface area contributed by atoms with E-state index in [9.17, 15) is 23.1 Å². The first-order valence-corrected chi connectivity index (χ1v) is 24.1. The fourth-order valence-corrected chi connectivity index (χ4v) is 6.76. The zero-order valence-corrected chi connectivity index (χ0v) is 37.1. The molecule has 0 aromatic carbocycles. The third-order valence-corrected chi connectivity index (χ3v) is 11.1. The summed E-state index contributed by atoms with van der Waals surface area (Å²) in [6, 6.07) is 0. The van der Waals surface area contributed by atoms with Crippen molar-refractivity contribution in [3.8, 4) is 0 Å². The van der Waals surface area contributed by atoms with Gasteiger partial charge in [-0.1, -0.05) is 194 Å². The van der Waals surface area contributed by atoms with Crippen LogP contribution in [0.25, 0.3) is 0 Å². The number of carbonyl (C=O) groups is 2. The molecule has 0 saturated heterocycles. The Bertz CT molecular complexity index is 874. The molecule has 3 N–H and O–H groups in total. The third kappa shape index (κ3) is 43.7. The number of carbonyl (C=O) groups excluding carboxylic acids is 2. The molecule has 55 heavy (non-hydrogen) atoms. The number of hydrogen-bond donors (Lipinski definition) is 3. The van der Waals surface area contributed by atoms with Gasteiger partial charge in [0.1, 0.15) is 0 Å². The van der Waals surface area contributed by atoms with Crippen LogP contribution in [-0.4, -0.2) is 69.5 Å². The predicted octanol–water partition coefficient (Wildman–Crippen LogP) is 11.8. The number of nitrogens with one attached hydrogen (secondary N) is 1. The smallest absolute Gasteiger partial charge is 0.397 e. The van der Waals surface area contributed by atoms with Crippen molar-refractivity contribution in [2.45, 2.75) is 238 Å². The van der Waals surface area contributed by atoms with Gasteiger partial charge in [0.15, 0.2) is 0 Å². The minimum absolute atomic E-state index is 0.101. The molecule has 0 spiro atoms. The summed E-state index contributed by atoms with van der Waals surface area (Å²) in [6.07, 6.45) is 41.0. The molecule has 0 aliphatic carbocycles. The molecular formula is C44H89NO9S. The lowest BCUT2D eigenvalue weighted by atomic mass is 9.93. The van der Waals surface area contributed by atoms with E-state index in [1.165, 1.54) is 167 Å². The van der Waals surface area contributed by atoms with Gasteiger partial charge < -0.3 is 19.9 Å². The van der Waals surface area contributed by atoms with Gasteiger partial charge in [-0.25, -0.2) is 0 Å². The van der Waals surface area contributed by atoms with E-state index in [-0.39, 0.29) is 31.8 Å². The Morgan fingerprint density at radius 3 is 0.945 bits per heavy atom. The van der Waals surface area contributed by atoms with Crippen LogP contribution in [0.2, 0.25) is 0 Å². The molecule has 0 amide bonds. The molecule has 0 fully saturated rings. The van der Waals surface area contributed by atoms with Crippen LogP contribution in [0.15, 0.2) is 0 Å². The van der Waals surface area contributed by atoms with E-state index in [1.54, 1.807) is 7.05 Å². The Kier molecular flexibility index (Phi) is 43.0. The largest absolute Gasteiger partial charge is 0.466 e. The number of rotatable bonds is 41. The van der Waals surface area contributed by atoms with Crippen molar-refractivity contribution in [1.29, 1.82) is 0 Å². The lowest BCUT2D eigenvalue weighted by Crippen LogP contribution is -2.48. The molecule has 10 nitrogen and oxygen atoms in total. The van der Waals surface area contributed by atoms with E-state index >= 15 is 0 Å². The van der Waals surface area contributed by atoms with E-state index in [1.807, 2.05) is 0 Å². The maximum Gasteiger partial charge on any atom is 0.397 e. The molecular weight excluding hydrogens is 719 g/mol. The number of aliphatic hydroxyl groups is 1. The fourth-order valence-electron chi connectivity index (χ4n) is 6.76. The van der Waals surface area contributed by atoms with Gasteiger partial charge in [-0.3, -0.25) is 18.3 Å². The monoisotopic (exact) mass is 808 g/mol. The van der Waals surface area contributed by atoms with E-state index in [4.69, 9.17) is 14.0 Å². The molecule has 0 radical (unpaired) electrons. The van der Waals surface area contributed by atoms with Gasteiger partial charge in [-0.05, 0) is 19.9 Å². The van der Waals surface area contributed by atoms with Crippen molar-refractivity contribution in [2.24, 2.45) is 0 Å². The highest BCUT2D eigenvalue weighted by Crippen LogP contribution is 2.18. The Morgan fingerprint density at radius 2 is 0.745 bits per heavy atom. The maximum absolute atomic E-state index is 12.2. The van der Waals surface area contributed by atoms with Crippen LogP contribution >= 0.6 is 0 Å². The molecule has 0 unspecified atom stereocenters. The first-order valence-electron chi connectivity index (χ1n) is 22.7. The Labute approximate surface area is 339 Å². The van der Waals surface area contributed by atoms with Crippen LogP contribution in [0.5, 0.6) is 0 Å². The second kappa shape index (κ2) is 42.3. The molecule has 0 aromatic heterocycles. The van der Waals surface area contributed by atoms with Crippen LogP contribution in [-0.2, 0) is 33.6 Å². The van der Waals surface area contributed by atoms with Crippen molar-refractivity contribution < 1.29 is 41.3 Å². The second-order valence-electron chi connectivity index (χ2n) is 15.6. The SMILES string of the molecule is CCCCCCCCCCCCCCCCCC(=O)OCCC(CO)(CCOC(=O)CCCCCCCCCCCCCCCCC)NC.COS(=O)(=O)O. The van der Waals surface area contributed by atoms with E-state index in [0.29, 0.717) is 25.7 Å². The van der Waals surface area contributed by atoms with Crippen LogP contribution in [0.1, 0.15) is 232 Å². The number of unbranched alkanes of at least 4 members (excludes halogenated alkanes) is 28. The van der Waals surface area contributed by atoms with E-state index < -0.39 is 15.9 Å². The zero-order valence-electron chi connectivity index (χ0n) is 36.3. The normalized spacial score (nSPS) is 11.7. The van der Waals surface area contributed by atoms with Crippen molar-refractivity contribution in [1.82, 2.24) is 5.32 Å². The highest BCUT2D eigenvalue weighted by molar-refractivity contribution is 7.80. The van der Waals surface area contributed by atoms with Gasteiger partial charge in [0, 0.05) is 31.2 Å². The highest BCUT2D eigenvalue weighted by Gasteiger charge is 2.28. The number of aliphatic hydroxyl groups excluding tert-OH is 1. The number of esters is 2. The standard InChI is InChI=1S/C43H85NO5.CH4O4S/c1-4-6-8-10-12-14-16-18-20-22-24-26-28-30-32-34-41(46)48-38-36-43(40-45,44-3)37-39-49-42(47)35-33-31-29-27-25-23-21-19-17-15-13-11-9-7-5-2;1-5-6(2,3)4/h44-45H,4-40H2,1-3H3;1H3,(H,2,3,4). The number of ether oxygens (including phenoxy) is 2. The van der Waals surface area contributed by atoms with Crippen molar-refractivity contribution in [2.75, 3.05) is 34.0 Å². The van der Waals surface area contributed by atoms with Gasteiger partial charge in [-0.2, -0.15) is 8.42 Å². The van der Waals surface area contributed by atoms with Crippen LogP contribution in [0.4, 0.5) is 0 Å². The zero-order chi connectivity index (χ0) is 41.1. The Hall–Kier alpha value is -1.27. The molecule has 0 heterocycles. The maximum atomic E-state index is 12.2. The summed E-state index contributed by atoms with van der Waals surface area (Å²) in [5.74, 6) is -0.319. The summed E-state index contributed by atoms with van der Waals surface area (Å²) in [5.41, 5.74) is -0.621. The first-order chi connectivity index (χ1) is 26.6. The molecule has 0 aliphatic heterocycles. The van der Waals surface area contributed by atoms with E-state index in [0.717, 1.165) is 32.8 Å². The minimum Gasteiger partial charge on any atom is -0.466 e. The molecule has 0 saturated carbocycles. The number of likely N-dealkylation sites (N-methyl/N-ethyl adjacent to an activating group) is 1. The summed E-state index contributed by atoms with van der Waals surface area (Å²) < 4.78 is 40.7. The van der Waals surface area contributed by atoms with Crippen LogP contribution in [0.3, 0.4) is 0 Å². The van der Waals surface area contributed by atoms with Crippen LogP contribution < -0.4 is 5.32 Å². The minimum atomic E-state index is -4.16. The molecule has 0 bridgehead atoms. The van der Waals surface area contributed by atoms with Crippen molar-refractivity contribution >= 4 is 22.3 Å². The average Bonchev–Trinajstić information content (AvgIpc) is 3.17. The Balaban J connectivity index is 0. The van der Waals surface area contributed by atoms with Gasteiger partial charge in [-0.15, -0.1) is 0 Å². The summed E-state index contributed by atoms with van der Waals surface area (Å²) in [5, 5.41) is 13.2. The average molecular weight is 808 g/mol. The topological polar surface area (TPSA) is 148 Å². The third-order valence-electron chi connectivity index (χ3n) is 10.7. The summed E-state index contributed by atoms with van der Waals surface area (Å²) in [7, 11) is -1.49. The summed E-state index contributed by atoms with van der Waals surface area (Å²) in [4.78, 5) is 24.5. The lowest BCUT2D eigenvalue weighted by Gasteiger charge is -2.31. The molecule has 11 heteroatoms. The Morgan fingerprint density at radius 1 is 0.509 bits per heavy atom. The fraction of sp³-hybridized carbons (Fsp3) is 0.955. The summed E-state index contributed by atoms with van der Waals surface area (Å²) >= 11 is 0. The van der Waals surface area contributed by atoms with Gasteiger partial charge >= 0.3 is 22.3 Å². The first kappa shape index (κ1) is 55.8. The molecule has 0 rings (SSSR count). The quantitative estimate of drug-likeness (QED) is 0.0310. The molecule has 0 atom stereocenters. The van der Waals surface area contributed by atoms with Crippen molar-refractivity contribution in [3.05, 3.63) is 0 Å². The highest BCUT2D eigenvalue weighted by atomic mass is 32.3. The number of hydrogen-bond acceptors (Lipinski definition) is 9. The molecule has 0 aromatic rings. The van der Waals surface area contributed by atoms with E-state index in [2.05, 4.69) is 23.3 Å². The second-order valence-corrected chi connectivity index (χ2v) is 16.8. The molecule has 330 valence electrons. The van der Waals surface area contributed by atoms with Crippen LogP contribution in [0, 0.1) is 0 Å². The predicted molar refractivity (Wildman–Crippen MR) is 228 cm³/mol.